The molecule has 2 N–H and O–H groups in total. The molecule has 1 aliphatic carbocycles. The molecule has 1 atom stereocenters. The van der Waals surface area contributed by atoms with Crippen LogP contribution in [-0.4, -0.2) is 31.3 Å². The van der Waals surface area contributed by atoms with Gasteiger partial charge in [-0.25, -0.2) is 13.1 Å². The van der Waals surface area contributed by atoms with Crippen molar-refractivity contribution >= 4 is 16.0 Å². The molecule has 0 heterocycles. The van der Waals surface area contributed by atoms with Crippen LogP contribution in [-0.2, 0) is 14.8 Å². The zero-order valence-corrected chi connectivity index (χ0v) is 11.7. The molecule has 0 aromatic rings. The maximum atomic E-state index is 11.9. The zero-order valence-electron chi connectivity index (χ0n) is 10.9. The van der Waals surface area contributed by atoms with Gasteiger partial charge in [0.05, 0.1) is 5.25 Å². The largest absolute Gasteiger partial charge is 0.481 e. The highest BCUT2D eigenvalue weighted by Crippen LogP contribution is 2.23. The van der Waals surface area contributed by atoms with Crippen molar-refractivity contribution in [2.45, 2.75) is 57.1 Å². The summed E-state index contributed by atoms with van der Waals surface area (Å²) in [6, 6.07) is 0. The molecule has 0 amide bonds. The summed E-state index contributed by atoms with van der Waals surface area (Å²) < 4.78 is 26.4. The molecule has 0 aliphatic heterocycles. The van der Waals surface area contributed by atoms with Gasteiger partial charge in [-0.2, -0.15) is 0 Å². The van der Waals surface area contributed by atoms with Gasteiger partial charge < -0.3 is 5.11 Å². The summed E-state index contributed by atoms with van der Waals surface area (Å²) >= 11 is 0. The van der Waals surface area contributed by atoms with E-state index >= 15 is 0 Å². The monoisotopic (exact) mass is 277 g/mol. The van der Waals surface area contributed by atoms with Gasteiger partial charge in [0.15, 0.2) is 0 Å². The molecule has 6 heteroatoms. The molecular weight excluding hydrogens is 254 g/mol. The second-order valence-electron chi connectivity index (χ2n) is 5.17. The van der Waals surface area contributed by atoms with Crippen molar-refractivity contribution in [2.24, 2.45) is 5.92 Å². The zero-order chi connectivity index (χ0) is 13.6. The molecular formula is C12H23NO4S. The van der Waals surface area contributed by atoms with E-state index in [0.717, 1.165) is 25.7 Å². The standard InChI is InChI=1S/C12H23NO4S/c1-10(6-7-12(14)15)8-9-13-18(16,17)11-4-2-3-5-11/h10-11,13H,2-9H2,1H3,(H,14,15). The highest BCUT2D eigenvalue weighted by atomic mass is 32.2. The summed E-state index contributed by atoms with van der Waals surface area (Å²) in [4.78, 5) is 10.4. The molecule has 1 rings (SSSR count). The van der Waals surface area contributed by atoms with Gasteiger partial charge in [-0.05, 0) is 31.6 Å². The summed E-state index contributed by atoms with van der Waals surface area (Å²) in [6.07, 6.45) is 4.98. The van der Waals surface area contributed by atoms with Crippen molar-refractivity contribution in [1.82, 2.24) is 4.72 Å². The number of carbonyl (C=O) groups is 1. The van der Waals surface area contributed by atoms with Crippen LogP contribution in [0.2, 0.25) is 0 Å². The van der Waals surface area contributed by atoms with Gasteiger partial charge in [0.25, 0.3) is 0 Å². The number of hydrogen-bond donors (Lipinski definition) is 2. The molecule has 1 aliphatic rings. The Morgan fingerprint density at radius 3 is 2.50 bits per heavy atom. The molecule has 0 aromatic heterocycles. The van der Waals surface area contributed by atoms with Gasteiger partial charge in [-0.15, -0.1) is 0 Å². The Balaban J connectivity index is 2.22. The predicted octanol–water partition coefficient (Wildman–Crippen LogP) is 1.74. The van der Waals surface area contributed by atoms with Crippen LogP contribution < -0.4 is 4.72 Å². The lowest BCUT2D eigenvalue weighted by Gasteiger charge is -2.14. The third-order valence-electron chi connectivity index (χ3n) is 3.53. The van der Waals surface area contributed by atoms with E-state index in [1.165, 1.54) is 0 Å². The van der Waals surface area contributed by atoms with Crippen molar-refractivity contribution in [3.63, 3.8) is 0 Å². The minimum atomic E-state index is -3.15. The number of rotatable bonds is 8. The Morgan fingerprint density at radius 1 is 1.33 bits per heavy atom. The number of nitrogens with one attached hydrogen (secondary N) is 1. The van der Waals surface area contributed by atoms with Crippen LogP contribution in [0.1, 0.15) is 51.9 Å². The molecule has 106 valence electrons. The topological polar surface area (TPSA) is 83.5 Å². The van der Waals surface area contributed by atoms with Crippen LogP contribution >= 0.6 is 0 Å². The van der Waals surface area contributed by atoms with Crippen molar-refractivity contribution in [1.29, 1.82) is 0 Å². The third-order valence-corrected chi connectivity index (χ3v) is 5.49. The van der Waals surface area contributed by atoms with Crippen LogP contribution in [0.15, 0.2) is 0 Å². The van der Waals surface area contributed by atoms with E-state index < -0.39 is 16.0 Å². The first kappa shape index (κ1) is 15.4. The first-order valence-corrected chi connectivity index (χ1v) is 8.16. The first-order chi connectivity index (χ1) is 8.42. The minimum absolute atomic E-state index is 0.149. The lowest BCUT2D eigenvalue weighted by Crippen LogP contribution is -2.33. The molecule has 0 radical (unpaired) electrons. The molecule has 1 saturated carbocycles. The van der Waals surface area contributed by atoms with Gasteiger partial charge >= 0.3 is 5.97 Å². The average molecular weight is 277 g/mol. The van der Waals surface area contributed by atoms with Crippen LogP contribution in [0.4, 0.5) is 0 Å². The van der Waals surface area contributed by atoms with Gasteiger partial charge in [0.1, 0.15) is 0 Å². The Labute approximate surface area is 109 Å². The summed E-state index contributed by atoms with van der Waals surface area (Å²) in [6.45, 7) is 2.37. The van der Waals surface area contributed by atoms with Gasteiger partial charge in [0, 0.05) is 13.0 Å². The number of sulfonamides is 1. The first-order valence-electron chi connectivity index (χ1n) is 6.62. The van der Waals surface area contributed by atoms with E-state index in [0.29, 0.717) is 19.4 Å². The van der Waals surface area contributed by atoms with E-state index in [-0.39, 0.29) is 17.6 Å². The lowest BCUT2D eigenvalue weighted by atomic mass is 10.0. The number of carboxylic acids is 1. The SMILES string of the molecule is CC(CCNS(=O)(=O)C1CCCC1)CCC(=O)O. The third kappa shape index (κ3) is 5.35. The summed E-state index contributed by atoms with van der Waals surface area (Å²) in [5.74, 6) is -0.569. The van der Waals surface area contributed by atoms with Gasteiger partial charge in [0.2, 0.25) is 10.0 Å². The molecule has 1 unspecified atom stereocenters. The van der Waals surface area contributed by atoms with Crippen molar-refractivity contribution in [3.05, 3.63) is 0 Å². The van der Waals surface area contributed by atoms with E-state index in [1.807, 2.05) is 6.92 Å². The Kier molecular flexibility index (Phi) is 6.08. The van der Waals surface area contributed by atoms with Crippen molar-refractivity contribution < 1.29 is 18.3 Å². The molecule has 18 heavy (non-hydrogen) atoms. The number of hydrogen-bond acceptors (Lipinski definition) is 3. The maximum absolute atomic E-state index is 11.9. The molecule has 0 spiro atoms. The van der Waals surface area contributed by atoms with E-state index in [2.05, 4.69) is 4.72 Å². The van der Waals surface area contributed by atoms with Gasteiger partial charge in [-0.1, -0.05) is 19.8 Å². The fourth-order valence-electron chi connectivity index (χ4n) is 2.28. The fourth-order valence-corrected chi connectivity index (χ4v) is 3.87. The molecule has 1 fully saturated rings. The van der Waals surface area contributed by atoms with Crippen molar-refractivity contribution in [3.8, 4) is 0 Å². The summed E-state index contributed by atoms with van der Waals surface area (Å²) in [5.41, 5.74) is 0. The second kappa shape index (κ2) is 7.09. The van der Waals surface area contributed by atoms with Gasteiger partial charge in [-0.3, -0.25) is 4.79 Å². The lowest BCUT2D eigenvalue weighted by molar-refractivity contribution is -0.137. The van der Waals surface area contributed by atoms with Crippen LogP contribution in [0.25, 0.3) is 0 Å². The molecule has 0 aromatic carbocycles. The molecule has 0 saturated heterocycles. The van der Waals surface area contributed by atoms with Crippen molar-refractivity contribution in [2.75, 3.05) is 6.54 Å². The van der Waals surface area contributed by atoms with E-state index in [4.69, 9.17) is 5.11 Å². The highest BCUT2D eigenvalue weighted by molar-refractivity contribution is 7.90. The minimum Gasteiger partial charge on any atom is -0.481 e. The fraction of sp³-hybridized carbons (Fsp3) is 0.917. The predicted molar refractivity (Wildman–Crippen MR) is 69.8 cm³/mol. The summed E-state index contributed by atoms with van der Waals surface area (Å²) in [7, 11) is -3.15. The van der Waals surface area contributed by atoms with Crippen LogP contribution in [0.5, 0.6) is 0 Å². The Hall–Kier alpha value is -0.620. The van der Waals surface area contributed by atoms with E-state index in [1.54, 1.807) is 0 Å². The second-order valence-corrected chi connectivity index (χ2v) is 7.22. The Morgan fingerprint density at radius 2 is 1.94 bits per heavy atom. The maximum Gasteiger partial charge on any atom is 0.303 e. The number of carboxylic acid groups (broad SMARTS) is 1. The van der Waals surface area contributed by atoms with Crippen LogP contribution in [0, 0.1) is 5.92 Å². The van der Waals surface area contributed by atoms with E-state index in [9.17, 15) is 13.2 Å². The molecule has 0 bridgehead atoms. The average Bonchev–Trinajstić information content (AvgIpc) is 2.80. The quantitative estimate of drug-likeness (QED) is 0.708. The Bertz CT molecular complexity index is 360. The highest BCUT2D eigenvalue weighted by Gasteiger charge is 2.28. The van der Waals surface area contributed by atoms with Crippen LogP contribution in [0.3, 0.4) is 0 Å². The molecule has 5 nitrogen and oxygen atoms in total. The normalized spacial score (nSPS) is 18.9. The smallest absolute Gasteiger partial charge is 0.303 e. The number of aliphatic carboxylic acids is 1. The summed E-state index contributed by atoms with van der Waals surface area (Å²) in [5, 5.41) is 8.33.